The molecule has 2 aromatic rings. The minimum absolute atomic E-state index is 0.0840. The van der Waals surface area contributed by atoms with Gasteiger partial charge in [0, 0.05) is 25.3 Å². The summed E-state index contributed by atoms with van der Waals surface area (Å²) in [5.41, 5.74) is 2.19. The Morgan fingerprint density at radius 3 is 2.54 bits per heavy atom. The molecule has 0 radical (unpaired) electrons. The van der Waals surface area contributed by atoms with Gasteiger partial charge in [-0.15, -0.1) is 0 Å². The van der Waals surface area contributed by atoms with Crippen LogP contribution in [0.2, 0.25) is 0 Å². The maximum Gasteiger partial charge on any atom is 0.262 e. The second-order valence-corrected chi connectivity index (χ2v) is 6.46. The summed E-state index contributed by atoms with van der Waals surface area (Å²) in [7, 11) is 3.38. The molecule has 1 unspecified atom stereocenters. The van der Waals surface area contributed by atoms with Crippen molar-refractivity contribution in [2.75, 3.05) is 26.0 Å². The lowest BCUT2D eigenvalue weighted by molar-refractivity contribution is -0.118. The smallest absolute Gasteiger partial charge is 0.262 e. The first kappa shape index (κ1) is 19.5. The Morgan fingerprint density at radius 1 is 1.12 bits per heavy atom. The van der Waals surface area contributed by atoms with Gasteiger partial charge < -0.3 is 15.0 Å². The molecule has 0 fully saturated rings. The monoisotopic (exact) mass is 354 g/mol. The Hall–Kier alpha value is -2.82. The van der Waals surface area contributed by atoms with Crippen LogP contribution in [0.3, 0.4) is 0 Å². The van der Waals surface area contributed by atoms with Gasteiger partial charge in [-0.2, -0.15) is 0 Å². The third kappa shape index (κ3) is 5.09. The summed E-state index contributed by atoms with van der Waals surface area (Å²) in [5.74, 6) is 0.717. The third-order valence-electron chi connectivity index (χ3n) is 4.22. The molecule has 0 aliphatic rings. The molecule has 0 aromatic heterocycles. The third-order valence-corrected chi connectivity index (χ3v) is 4.22. The number of nitrogens with zero attached hydrogens (tertiary/aromatic N) is 1. The standard InChI is InChI=1S/C21H26N2O3/c1-5-15(2)18-11-6-7-12-19(18)26-14-20(24)22-17-10-8-9-16(13-17)21(25)23(3)4/h6-13,15H,5,14H2,1-4H3,(H,22,24). The van der Waals surface area contributed by atoms with Crippen molar-refractivity contribution in [2.24, 2.45) is 0 Å². The molecule has 1 atom stereocenters. The van der Waals surface area contributed by atoms with Crippen LogP contribution >= 0.6 is 0 Å². The predicted octanol–water partition coefficient (Wildman–Crippen LogP) is 3.92. The summed E-state index contributed by atoms with van der Waals surface area (Å²) in [6.45, 7) is 4.17. The van der Waals surface area contributed by atoms with E-state index in [2.05, 4.69) is 19.2 Å². The molecule has 0 saturated heterocycles. The lowest BCUT2D eigenvalue weighted by Crippen LogP contribution is -2.23. The van der Waals surface area contributed by atoms with E-state index in [0.29, 0.717) is 17.2 Å². The van der Waals surface area contributed by atoms with Gasteiger partial charge in [0.15, 0.2) is 6.61 Å². The second kappa shape index (κ2) is 9.04. The second-order valence-electron chi connectivity index (χ2n) is 6.46. The van der Waals surface area contributed by atoms with Gasteiger partial charge in [0.1, 0.15) is 5.75 Å². The van der Waals surface area contributed by atoms with Crippen molar-refractivity contribution in [1.29, 1.82) is 0 Å². The normalized spacial score (nSPS) is 11.5. The number of rotatable bonds is 7. The molecule has 0 spiro atoms. The molecule has 5 heteroatoms. The highest BCUT2D eigenvalue weighted by Gasteiger charge is 2.12. The van der Waals surface area contributed by atoms with Crippen LogP contribution in [-0.4, -0.2) is 37.4 Å². The number of anilines is 1. The van der Waals surface area contributed by atoms with Gasteiger partial charge >= 0.3 is 0 Å². The molecule has 26 heavy (non-hydrogen) atoms. The number of nitrogens with one attached hydrogen (secondary N) is 1. The average Bonchev–Trinajstić information content (AvgIpc) is 2.65. The summed E-state index contributed by atoms with van der Waals surface area (Å²) in [6, 6.07) is 14.6. The zero-order valence-electron chi connectivity index (χ0n) is 15.8. The number of para-hydroxylation sites is 1. The van der Waals surface area contributed by atoms with E-state index in [4.69, 9.17) is 4.74 Å². The van der Waals surface area contributed by atoms with Crippen molar-refractivity contribution in [1.82, 2.24) is 4.90 Å². The first-order valence-corrected chi connectivity index (χ1v) is 8.75. The van der Waals surface area contributed by atoms with E-state index < -0.39 is 0 Å². The van der Waals surface area contributed by atoms with Crippen LogP contribution in [0.4, 0.5) is 5.69 Å². The Kier molecular flexibility index (Phi) is 6.78. The van der Waals surface area contributed by atoms with Crippen molar-refractivity contribution in [3.05, 3.63) is 59.7 Å². The van der Waals surface area contributed by atoms with Crippen LogP contribution in [0.15, 0.2) is 48.5 Å². The fraction of sp³-hybridized carbons (Fsp3) is 0.333. The lowest BCUT2D eigenvalue weighted by Gasteiger charge is -2.15. The van der Waals surface area contributed by atoms with Crippen LogP contribution in [0.1, 0.15) is 42.1 Å². The van der Waals surface area contributed by atoms with E-state index in [1.807, 2.05) is 24.3 Å². The topological polar surface area (TPSA) is 58.6 Å². The molecule has 2 aromatic carbocycles. The number of ether oxygens (including phenoxy) is 1. The van der Waals surface area contributed by atoms with Crippen LogP contribution in [-0.2, 0) is 4.79 Å². The number of carbonyl (C=O) groups is 2. The maximum absolute atomic E-state index is 12.2. The molecule has 0 aliphatic heterocycles. The van der Waals surface area contributed by atoms with E-state index in [0.717, 1.165) is 17.7 Å². The average molecular weight is 354 g/mol. The lowest BCUT2D eigenvalue weighted by atomic mass is 9.98. The van der Waals surface area contributed by atoms with Crippen molar-refractivity contribution in [3.8, 4) is 5.75 Å². The van der Waals surface area contributed by atoms with E-state index in [1.54, 1.807) is 38.4 Å². The summed E-state index contributed by atoms with van der Waals surface area (Å²) >= 11 is 0. The number of hydrogen-bond acceptors (Lipinski definition) is 3. The Labute approximate surface area is 155 Å². The van der Waals surface area contributed by atoms with Crippen molar-refractivity contribution in [3.63, 3.8) is 0 Å². The number of carbonyl (C=O) groups excluding carboxylic acids is 2. The molecule has 0 saturated carbocycles. The highest BCUT2D eigenvalue weighted by molar-refractivity contribution is 5.97. The summed E-state index contributed by atoms with van der Waals surface area (Å²) < 4.78 is 5.72. The SMILES string of the molecule is CCC(C)c1ccccc1OCC(=O)Nc1cccc(C(=O)N(C)C)c1. The van der Waals surface area contributed by atoms with Crippen LogP contribution in [0.25, 0.3) is 0 Å². The largest absolute Gasteiger partial charge is 0.483 e. The number of amides is 2. The molecule has 1 N–H and O–H groups in total. The first-order valence-electron chi connectivity index (χ1n) is 8.75. The molecule has 2 rings (SSSR count). The quantitative estimate of drug-likeness (QED) is 0.820. The van der Waals surface area contributed by atoms with E-state index in [-0.39, 0.29) is 18.4 Å². The molecule has 0 heterocycles. The highest BCUT2D eigenvalue weighted by atomic mass is 16.5. The molecule has 0 bridgehead atoms. The predicted molar refractivity (Wildman–Crippen MR) is 104 cm³/mol. The minimum Gasteiger partial charge on any atom is -0.483 e. The van der Waals surface area contributed by atoms with E-state index in [9.17, 15) is 9.59 Å². The van der Waals surface area contributed by atoms with E-state index >= 15 is 0 Å². The fourth-order valence-corrected chi connectivity index (χ4v) is 2.57. The zero-order chi connectivity index (χ0) is 19.1. The van der Waals surface area contributed by atoms with Crippen LogP contribution < -0.4 is 10.1 Å². The number of hydrogen-bond donors (Lipinski definition) is 1. The maximum atomic E-state index is 12.2. The van der Waals surface area contributed by atoms with E-state index in [1.165, 1.54) is 4.90 Å². The van der Waals surface area contributed by atoms with Crippen LogP contribution in [0.5, 0.6) is 5.75 Å². The van der Waals surface area contributed by atoms with Gasteiger partial charge in [0.25, 0.3) is 11.8 Å². The molecule has 0 aliphatic carbocycles. The molecule has 5 nitrogen and oxygen atoms in total. The van der Waals surface area contributed by atoms with Gasteiger partial charge in [-0.3, -0.25) is 9.59 Å². The molecule has 2 amide bonds. The van der Waals surface area contributed by atoms with Gasteiger partial charge in [0.05, 0.1) is 0 Å². The van der Waals surface area contributed by atoms with Gasteiger partial charge in [-0.1, -0.05) is 38.1 Å². The first-order chi connectivity index (χ1) is 12.4. The minimum atomic E-state index is -0.265. The summed E-state index contributed by atoms with van der Waals surface area (Å²) in [4.78, 5) is 25.7. The molecule has 138 valence electrons. The Morgan fingerprint density at radius 2 is 1.85 bits per heavy atom. The molecular formula is C21H26N2O3. The van der Waals surface area contributed by atoms with Crippen molar-refractivity contribution >= 4 is 17.5 Å². The van der Waals surface area contributed by atoms with Gasteiger partial charge in [0.2, 0.25) is 0 Å². The summed E-state index contributed by atoms with van der Waals surface area (Å²) in [6.07, 6.45) is 0.999. The zero-order valence-corrected chi connectivity index (χ0v) is 15.8. The van der Waals surface area contributed by atoms with Gasteiger partial charge in [-0.25, -0.2) is 0 Å². The summed E-state index contributed by atoms with van der Waals surface area (Å²) in [5, 5.41) is 2.77. The Balaban J connectivity index is 2.00. The van der Waals surface area contributed by atoms with Gasteiger partial charge in [-0.05, 0) is 42.2 Å². The van der Waals surface area contributed by atoms with Crippen molar-refractivity contribution in [2.45, 2.75) is 26.2 Å². The van der Waals surface area contributed by atoms with Crippen LogP contribution in [0, 0.1) is 0 Å². The highest BCUT2D eigenvalue weighted by Crippen LogP contribution is 2.28. The Bertz CT molecular complexity index is 771. The fourth-order valence-electron chi connectivity index (χ4n) is 2.57. The molecular weight excluding hydrogens is 328 g/mol. The van der Waals surface area contributed by atoms with Crippen molar-refractivity contribution < 1.29 is 14.3 Å². The number of benzene rings is 2.